The molecular formula is C17H15N3O3. The van der Waals surface area contributed by atoms with Crippen LogP contribution in [0.15, 0.2) is 48.5 Å². The number of benzene rings is 2. The highest BCUT2D eigenvalue weighted by molar-refractivity contribution is 5.77. The van der Waals surface area contributed by atoms with E-state index >= 15 is 0 Å². The maximum Gasteiger partial charge on any atom is 0.281 e. The third-order valence-electron chi connectivity index (χ3n) is 3.54. The van der Waals surface area contributed by atoms with E-state index < -0.39 is 4.92 Å². The van der Waals surface area contributed by atoms with Gasteiger partial charge < -0.3 is 4.74 Å². The molecular weight excluding hydrogens is 294 g/mol. The number of H-pyrrole nitrogens is 1. The first-order valence-corrected chi connectivity index (χ1v) is 7.09. The van der Waals surface area contributed by atoms with Crippen molar-refractivity contribution in [3.8, 4) is 22.6 Å². The molecule has 2 aromatic carbocycles. The number of nitrogens with zero attached hydrogens (tertiary/aromatic N) is 2. The van der Waals surface area contributed by atoms with Crippen molar-refractivity contribution in [2.45, 2.75) is 13.8 Å². The third-order valence-corrected chi connectivity index (χ3v) is 3.54. The summed E-state index contributed by atoms with van der Waals surface area (Å²) in [6, 6.07) is 14.0. The fraction of sp³-hybridized carbons (Fsp3) is 0.118. The summed E-state index contributed by atoms with van der Waals surface area (Å²) >= 11 is 0. The van der Waals surface area contributed by atoms with Crippen molar-refractivity contribution in [2.75, 3.05) is 0 Å². The number of hydrogen-bond acceptors (Lipinski definition) is 4. The molecule has 0 aliphatic carbocycles. The van der Waals surface area contributed by atoms with Gasteiger partial charge in [0.15, 0.2) is 0 Å². The molecule has 6 nitrogen and oxygen atoms in total. The zero-order valence-corrected chi connectivity index (χ0v) is 12.7. The van der Waals surface area contributed by atoms with Crippen LogP contribution in [0.4, 0.5) is 5.69 Å². The Kier molecular flexibility index (Phi) is 3.80. The molecule has 0 unspecified atom stereocenters. The molecule has 3 aromatic rings. The van der Waals surface area contributed by atoms with E-state index in [1.807, 2.05) is 32.0 Å². The first-order valence-electron chi connectivity index (χ1n) is 7.09. The van der Waals surface area contributed by atoms with E-state index in [0.717, 1.165) is 17.0 Å². The topological polar surface area (TPSA) is 81.0 Å². The van der Waals surface area contributed by atoms with Crippen molar-refractivity contribution in [3.63, 3.8) is 0 Å². The number of aryl methyl sites for hydroxylation is 2. The van der Waals surface area contributed by atoms with Crippen molar-refractivity contribution in [1.29, 1.82) is 0 Å². The van der Waals surface area contributed by atoms with Gasteiger partial charge in [-0.15, -0.1) is 0 Å². The van der Waals surface area contributed by atoms with Crippen LogP contribution >= 0.6 is 0 Å². The molecule has 23 heavy (non-hydrogen) atoms. The monoisotopic (exact) mass is 309 g/mol. The Hall–Kier alpha value is -3.15. The lowest BCUT2D eigenvalue weighted by Gasteiger charge is -2.08. The minimum Gasteiger partial charge on any atom is -0.457 e. The molecule has 0 atom stereocenters. The number of aromatic amines is 1. The molecule has 3 rings (SSSR count). The number of rotatable bonds is 4. The predicted molar refractivity (Wildman–Crippen MR) is 86.7 cm³/mol. The first-order chi connectivity index (χ1) is 11.1. The fourth-order valence-electron chi connectivity index (χ4n) is 2.51. The van der Waals surface area contributed by atoms with Crippen LogP contribution in [0.1, 0.15) is 11.4 Å². The van der Waals surface area contributed by atoms with E-state index in [0.29, 0.717) is 17.1 Å². The summed E-state index contributed by atoms with van der Waals surface area (Å²) in [6.07, 6.45) is 0. The molecule has 0 fully saturated rings. The van der Waals surface area contributed by atoms with E-state index in [2.05, 4.69) is 10.2 Å². The average Bonchev–Trinajstić information content (AvgIpc) is 2.87. The van der Waals surface area contributed by atoms with Gasteiger partial charge in [0.2, 0.25) is 0 Å². The average molecular weight is 309 g/mol. The van der Waals surface area contributed by atoms with Crippen LogP contribution in [-0.2, 0) is 0 Å². The number of nitro groups is 1. The summed E-state index contributed by atoms with van der Waals surface area (Å²) in [6.45, 7) is 3.66. The zero-order valence-electron chi connectivity index (χ0n) is 12.7. The first kappa shape index (κ1) is 14.8. The molecule has 0 amide bonds. The highest BCUT2D eigenvalue weighted by Crippen LogP contribution is 2.36. The number of nitro benzene ring substituents is 1. The van der Waals surface area contributed by atoms with Crippen molar-refractivity contribution >= 4 is 5.69 Å². The number of ether oxygens (including phenoxy) is 1. The largest absolute Gasteiger partial charge is 0.457 e. The second-order valence-corrected chi connectivity index (χ2v) is 5.16. The normalized spacial score (nSPS) is 10.5. The van der Waals surface area contributed by atoms with Crippen molar-refractivity contribution in [1.82, 2.24) is 10.2 Å². The van der Waals surface area contributed by atoms with E-state index in [4.69, 9.17) is 4.74 Å². The number of aromatic nitrogens is 2. The summed E-state index contributed by atoms with van der Waals surface area (Å²) in [5.41, 5.74) is 2.79. The number of para-hydroxylation sites is 1. The van der Waals surface area contributed by atoms with Gasteiger partial charge in [-0.2, -0.15) is 5.10 Å². The van der Waals surface area contributed by atoms with Crippen LogP contribution in [0.25, 0.3) is 11.1 Å². The summed E-state index contributed by atoms with van der Waals surface area (Å²) in [5.74, 6) is 1.05. The minimum absolute atomic E-state index is 0.00830. The molecule has 0 saturated carbocycles. The number of nitrogens with one attached hydrogen (secondary N) is 1. The standard InChI is InChI=1S/C17H15N3O3/c1-11-17(12(2)19-18-11)15-9-8-14(10-16(15)20(21)22)23-13-6-4-3-5-7-13/h3-10H,1-2H3,(H,18,19). The summed E-state index contributed by atoms with van der Waals surface area (Å²) < 4.78 is 5.67. The molecule has 0 aliphatic rings. The second-order valence-electron chi connectivity index (χ2n) is 5.16. The van der Waals surface area contributed by atoms with Gasteiger partial charge in [-0.3, -0.25) is 15.2 Å². The molecule has 0 saturated heterocycles. The fourth-order valence-corrected chi connectivity index (χ4v) is 2.51. The van der Waals surface area contributed by atoms with Gasteiger partial charge in [0, 0.05) is 11.3 Å². The van der Waals surface area contributed by atoms with E-state index in [-0.39, 0.29) is 5.69 Å². The molecule has 6 heteroatoms. The van der Waals surface area contributed by atoms with Gasteiger partial charge >= 0.3 is 0 Å². The van der Waals surface area contributed by atoms with Gasteiger partial charge in [-0.1, -0.05) is 18.2 Å². The van der Waals surface area contributed by atoms with E-state index in [1.165, 1.54) is 6.07 Å². The summed E-state index contributed by atoms with van der Waals surface area (Å²) in [5, 5.41) is 18.4. The lowest BCUT2D eigenvalue weighted by molar-refractivity contribution is -0.384. The predicted octanol–water partition coefficient (Wildman–Crippen LogP) is 4.39. The van der Waals surface area contributed by atoms with Crippen LogP contribution < -0.4 is 4.74 Å². The Bertz CT molecular complexity index is 837. The zero-order chi connectivity index (χ0) is 16.4. The van der Waals surface area contributed by atoms with Gasteiger partial charge in [0.1, 0.15) is 11.5 Å². The Morgan fingerprint density at radius 1 is 1.09 bits per heavy atom. The summed E-state index contributed by atoms with van der Waals surface area (Å²) in [4.78, 5) is 11.1. The maximum atomic E-state index is 11.5. The summed E-state index contributed by atoms with van der Waals surface area (Å²) in [7, 11) is 0. The van der Waals surface area contributed by atoms with Gasteiger partial charge in [-0.25, -0.2) is 0 Å². The minimum atomic E-state index is -0.404. The van der Waals surface area contributed by atoms with E-state index in [1.54, 1.807) is 24.3 Å². The highest BCUT2D eigenvalue weighted by atomic mass is 16.6. The van der Waals surface area contributed by atoms with Gasteiger partial charge in [0.05, 0.1) is 22.2 Å². The van der Waals surface area contributed by atoms with Gasteiger partial charge in [0.25, 0.3) is 5.69 Å². The molecule has 116 valence electrons. The van der Waals surface area contributed by atoms with Crippen LogP contribution in [0.5, 0.6) is 11.5 Å². The molecule has 1 aromatic heterocycles. The molecule has 0 aliphatic heterocycles. The lowest BCUT2D eigenvalue weighted by atomic mass is 10.0. The van der Waals surface area contributed by atoms with Crippen LogP contribution in [-0.4, -0.2) is 15.1 Å². The van der Waals surface area contributed by atoms with Crippen molar-refractivity contribution < 1.29 is 9.66 Å². The molecule has 0 radical (unpaired) electrons. The molecule has 1 N–H and O–H groups in total. The van der Waals surface area contributed by atoms with Crippen LogP contribution in [0.2, 0.25) is 0 Å². The molecule has 0 bridgehead atoms. The van der Waals surface area contributed by atoms with Gasteiger partial charge in [-0.05, 0) is 38.1 Å². The SMILES string of the molecule is Cc1n[nH]c(C)c1-c1ccc(Oc2ccccc2)cc1[N+](=O)[O-]. The highest BCUT2D eigenvalue weighted by Gasteiger charge is 2.21. The van der Waals surface area contributed by atoms with Crippen LogP contribution in [0, 0.1) is 24.0 Å². The van der Waals surface area contributed by atoms with E-state index in [9.17, 15) is 10.1 Å². The Morgan fingerprint density at radius 2 is 1.83 bits per heavy atom. The van der Waals surface area contributed by atoms with Crippen LogP contribution in [0.3, 0.4) is 0 Å². The second kappa shape index (κ2) is 5.92. The van der Waals surface area contributed by atoms with Crippen molar-refractivity contribution in [2.24, 2.45) is 0 Å². The number of hydrogen-bond donors (Lipinski definition) is 1. The smallest absolute Gasteiger partial charge is 0.281 e. The molecule has 1 heterocycles. The quantitative estimate of drug-likeness (QED) is 0.572. The Balaban J connectivity index is 2.05. The maximum absolute atomic E-state index is 11.5. The molecule has 0 spiro atoms. The Morgan fingerprint density at radius 3 is 2.43 bits per heavy atom. The third kappa shape index (κ3) is 2.91. The lowest BCUT2D eigenvalue weighted by Crippen LogP contribution is -1.95. The van der Waals surface area contributed by atoms with Crippen molar-refractivity contribution in [3.05, 3.63) is 70.0 Å². The Labute approximate surface area is 132 Å².